The minimum absolute atomic E-state index is 0.586. The number of para-hydroxylation sites is 1. The van der Waals surface area contributed by atoms with Gasteiger partial charge in [0.15, 0.2) is 5.96 Å². The first-order valence-corrected chi connectivity index (χ1v) is 10.6. The lowest BCUT2D eigenvalue weighted by molar-refractivity contribution is 0.0888. The molecule has 0 radical (unpaired) electrons. The molecule has 7 heteroatoms. The summed E-state index contributed by atoms with van der Waals surface area (Å²) in [7, 11) is 1.81. The second-order valence-corrected chi connectivity index (χ2v) is 7.88. The quantitative estimate of drug-likeness (QED) is 0.371. The molecule has 6 nitrogen and oxygen atoms in total. The van der Waals surface area contributed by atoms with E-state index in [1.807, 2.05) is 6.07 Å². The number of aryl methyl sites for hydroxylation is 1. The number of nitrogens with zero attached hydrogens (tertiary/aromatic N) is 2. The summed E-state index contributed by atoms with van der Waals surface area (Å²) >= 11 is 1.79. The van der Waals surface area contributed by atoms with Crippen molar-refractivity contribution in [2.75, 3.05) is 46.6 Å². The number of nitrogens with one attached hydrogen (secondary N) is 2. The number of ether oxygens (including phenoxy) is 2. The van der Waals surface area contributed by atoms with E-state index >= 15 is 0 Å². The molecule has 0 saturated carbocycles. The summed E-state index contributed by atoms with van der Waals surface area (Å²) in [4.78, 5) is 8.95. The molecular formula is C20H30N4O2S. The summed E-state index contributed by atoms with van der Waals surface area (Å²) < 4.78 is 12.3. The normalized spacial score (nSPS) is 17.5. The molecule has 2 aromatic rings. The first-order chi connectivity index (χ1) is 13.3. The van der Waals surface area contributed by atoms with Crippen LogP contribution in [0.2, 0.25) is 0 Å². The number of hydrogen-bond acceptors (Lipinski definition) is 5. The first kappa shape index (κ1) is 20.0. The topological polar surface area (TPSA) is 67.8 Å². The van der Waals surface area contributed by atoms with Crippen LogP contribution in [-0.4, -0.2) is 57.5 Å². The summed E-state index contributed by atoms with van der Waals surface area (Å²) in [5, 5.41) is 7.91. The van der Waals surface area contributed by atoms with E-state index in [0.29, 0.717) is 5.92 Å². The first-order valence-electron chi connectivity index (χ1n) is 9.79. The zero-order chi connectivity index (χ0) is 18.7. The SMILES string of the molecule is CN=C(NCCCOCC1CCOC1)NCCCc1nc2ccccc2s1. The molecule has 3 rings (SSSR count). The van der Waals surface area contributed by atoms with Crippen LogP contribution in [0.15, 0.2) is 29.3 Å². The molecule has 1 atom stereocenters. The van der Waals surface area contributed by atoms with Crippen LogP contribution in [0.5, 0.6) is 0 Å². The molecule has 1 aromatic carbocycles. The Balaban J connectivity index is 1.23. The fraction of sp³-hybridized carbons (Fsp3) is 0.600. The van der Waals surface area contributed by atoms with E-state index in [1.54, 1.807) is 18.4 Å². The van der Waals surface area contributed by atoms with Crippen LogP contribution in [0.25, 0.3) is 10.2 Å². The van der Waals surface area contributed by atoms with Crippen LogP contribution < -0.4 is 10.6 Å². The molecule has 148 valence electrons. The summed E-state index contributed by atoms with van der Waals surface area (Å²) in [5.41, 5.74) is 1.10. The van der Waals surface area contributed by atoms with Gasteiger partial charge in [0.1, 0.15) is 0 Å². The van der Waals surface area contributed by atoms with Gasteiger partial charge in [-0.2, -0.15) is 0 Å². The average Bonchev–Trinajstić information content (AvgIpc) is 3.35. The Kier molecular flexibility index (Phi) is 8.32. The minimum atomic E-state index is 0.586. The van der Waals surface area contributed by atoms with Crippen LogP contribution in [0.3, 0.4) is 0 Å². The van der Waals surface area contributed by atoms with Crippen molar-refractivity contribution in [2.45, 2.75) is 25.7 Å². The van der Waals surface area contributed by atoms with Crippen molar-refractivity contribution in [1.29, 1.82) is 0 Å². The summed E-state index contributed by atoms with van der Waals surface area (Å²) in [5.74, 6) is 1.44. The maximum atomic E-state index is 5.72. The molecule has 1 aliphatic rings. The van der Waals surface area contributed by atoms with Gasteiger partial charge in [0, 0.05) is 45.7 Å². The lowest BCUT2D eigenvalue weighted by atomic mass is 10.1. The molecular weight excluding hydrogens is 360 g/mol. The fourth-order valence-electron chi connectivity index (χ4n) is 3.04. The number of aliphatic imine (C=N–C) groups is 1. The molecule has 27 heavy (non-hydrogen) atoms. The molecule has 1 aromatic heterocycles. The van der Waals surface area contributed by atoms with Gasteiger partial charge in [-0.25, -0.2) is 4.98 Å². The minimum Gasteiger partial charge on any atom is -0.381 e. The van der Waals surface area contributed by atoms with Gasteiger partial charge in [-0.05, 0) is 31.4 Å². The van der Waals surface area contributed by atoms with Crippen molar-refractivity contribution in [3.63, 3.8) is 0 Å². The monoisotopic (exact) mass is 390 g/mol. The third kappa shape index (κ3) is 6.75. The average molecular weight is 391 g/mol. The van der Waals surface area contributed by atoms with Gasteiger partial charge in [-0.15, -0.1) is 11.3 Å². The highest BCUT2D eigenvalue weighted by Crippen LogP contribution is 2.22. The van der Waals surface area contributed by atoms with Crippen LogP contribution in [0.1, 0.15) is 24.3 Å². The largest absolute Gasteiger partial charge is 0.381 e. The highest BCUT2D eigenvalue weighted by atomic mass is 32.1. The van der Waals surface area contributed by atoms with Gasteiger partial charge >= 0.3 is 0 Å². The second-order valence-electron chi connectivity index (χ2n) is 6.76. The zero-order valence-electron chi connectivity index (χ0n) is 16.1. The van der Waals surface area contributed by atoms with Crippen molar-refractivity contribution in [2.24, 2.45) is 10.9 Å². The Labute approximate surface area is 165 Å². The van der Waals surface area contributed by atoms with E-state index < -0.39 is 0 Å². The molecule has 1 aliphatic heterocycles. The third-order valence-electron chi connectivity index (χ3n) is 4.56. The van der Waals surface area contributed by atoms with Crippen LogP contribution in [0, 0.1) is 5.92 Å². The highest BCUT2D eigenvalue weighted by molar-refractivity contribution is 7.18. The Morgan fingerprint density at radius 3 is 2.93 bits per heavy atom. The number of guanidine groups is 1. The van der Waals surface area contributed by atoms with Crippen molar-refractivity contribution in [1.82, 2.24) is 15.6 Å². The summed E-state index contributed by atoms with van der Waals surface area (Å²) in [6.45, 7) is 5.08. The third-order valence-corrected chi connectivity index (χ3v) is 5.65. The van der Waals surface area contributed by atoms with E-state index in [4.69, 9.17) is 9.47 Å². The summed E-state index contributed by atoms with van der Waals surface area (Å²) in [6, 6.07) is 8.31. The Morgan fingerprint density at radius 1 is 1.30 bits per heavy atom. The lowest BCUT2D eigenvalue weighted by Gasteiger charge is -2.12. The molecule has 0 bridgehead atoms. The number of aromatic nitrogens is 1. The van der Waals surface area contributed by atoms with Gasteiger partial charge in [0.2, 0.25) is 0 Å². The predicted molar refractivity (Wildman–Crippen MR) is 112 cm³/mol. The van der Waals surface area contributed by atoms with E-state index in [0.717, 1.165) is 76.7 Å². The Bertz CT molecular complexity index is 680. The second kappa shape index (κ2) is 11.2. The molecule has 0 aliphatic carbocycles. The Hall–Kier alpha value is -1.70. The zero-order valence-corrected chi connectivity index (χ0v) is 16.9. The van der Waals surface area contributed by atoms with Crippen LogP contribution in [-0.2, 0) is 15.9 Å². The van der Waals surface area contributed by atoms with Crippen molar-refractivity contribution < 1.29 is 9.47 Å². The number of rotatable bonds is 10. The number of hydrogen-bond donors (Lipinski definition) is 2. The van der Waals surface area contributed by atoms with Crippen molar-refractivity contribution in [3.05, 3.63) is 29.3 Å². The lowest BCUT2D eigenvalue weighted by Crippen LogP contribution is -2.38. The van der Waals surface area contributed by atoms with Gasteiger partial charge < -0.3 is 20.1 Å². The molecule has 0 spiro atoms. The van der Waals surface area contributed by atoms with Gasteiger partial charge in [-0.1, -0.05) is 12.1 Å². The predicted octanol–water partition coefficient (Wildman–Crippen LogP) is 2.84. The summed E-state index contributed by atoms with van der Waals surface area (Å²) in [6.07, 6.45) is 4.13. The highest BCUT2D eigenvalue weighted by Gasteiger charge is 2.15. The van der Waals surface area contributed by atoms with Gasteiger partial charge in [0.25, 0.3) is 0 Å². The van der Waals surface area contributed by atoms with E-state index in [2.05, 4.69) is 38.8 Å². The smallest absolute Gasteiger partial charge is 0.190 e. The van der Waals surface area contributed by atoms with Crippen molar-refractivity contribution in [3.8, 4) is 0 Å². The Morgan fingerprint density at radius 2 is 2.15 bits per heavy atom. The molecule has 1 unspecified atom stereocenters. The standard InChI is InChI=1S/C20H30N4O2S/c1-21-20(23-11-5-12-25-14-16-9-13-26-15-16)22-10-4-8-19-24-17-6-2-3-7-18(17)27-19/h2-3,6-7,16H,4-5,8-15H2,1H3,(H2,21,22,23). The molecule has 1 fully saturated rings. The van der Waals surface area contributed by atoms with E-state index in [1.165, 1.54) is 9.71 Å². The number of fused-ring (bicyclic) bond motifs is 1. The van der Waals surface area contributed by atoms with Gasteiger partial charge in [-0.3, -0.25) is 4.99 Å². The maximum Gasteiger partial charge on any atom is 0.190 e. The fourth-order valence-corrected chi connectivity index (χ4v) is 4.05. The number of thiazole rings is 1. The van der Waals surface area contributed by atoms with Gasteiger partial charge in [0.05, 0.1) is 28.4 Å². The van der Waals surface area contributed by atoms with E-state index in [-0.39, 0.29) is 0 Å². The molecule has 0 amide bonds. The number of benzene rings is 1. The van der Waals surface area contributed by atoms with E-state index in [9.17, 15) is 0 Å². The van der Waals surface area contributed by atoms with Crippen molar-refractivity contribution >= 4 is 27.5 Å². The van der Waals surface area contributed by atoms with Crippen LogP contribution >= 0.6 is 11.3 Å². The molecule has 2 N–H and O–H groups in total. The molecule has 2 heterocycles. The maximum absolute atomic E-state index is 5.72. The molecule has 1 saturated heterocycles. The van der Waals surface area contributed by atoms with Crippen LogP contribution in [0.4, 0.5) is 0 Å².